The molecule has 0 saturated carbocycles. The fraction of sp³-hybridized carbons (Fsp3) is 0.286. The number of fused-ring (bicyclic) bond motifs is 10. The summed E-state index contributed by atoms with van der Waals surface area (Å²) in [7, 11) is 0. The van der Waals surface area contributed by atoms with Crippen LogP contribution in [0, 0.1) is 0 Å². The predicted molar refractivity (Wildman–Crippen MR) is 147 cm³/mol. The van der Waals surface area contributed by atoms with E-state index in [1.54, 1.807) is 12.1 Å². The zero-order chi connectivity index (χ0) is 29.6. The summed E-state index contributed by atoms with van der Waals surface area (Å²) in [5.74, 6) is -1.71. The number of aromatic nitrogens is 2. The Morgan fingerprint density at radius 3 is 2.17 bits per heavy atom. The van der Waals surface area contributed by atoms with Crippen LogP contribution in [0.15, 0.2) is 36.4 Å². The second-order valence-electron chi connectivity index (χ2n) is 10.5. The highest BCUT2D eigenvalue weighted by molar-refractivity contribution is 6.39. The number of hydrogen-bond donors (Lipinski definition) is 9. The van der Waals surface area contributed by atoms with E-state index < -0.39 is 62.2 Å². The van der Waals surface area contributed by atoms with Crippen LogP contribution in [0.1, 0.15) is 26.9 Å². The van der Waals surface area contributed by atoms with E-state index in [1.807, 2.05) is 0 Å². The van der Waals surface area contributed by atoms with Crippen molar-refractivity contribution < 1.29 is 50.1 Å². The van der Waals surface area contributed by atoms with Crippen LogP contribution in [0.5, 0.6) is 11.5 Å². The van der Waals surface area contributed by atoms with Crippen molar-refractivity contribution in [2.24, 2.45) is 0 Å². The molecule has 7 rings (SSSR count). The zero-order valence-electron chi connectivity index (χ0n) is 21.7. The maximum absolute atomic E-state index is 14.0. The highest BCUT2D eigenvalue weighted by Crippen LogP contribution is 2.48. The first kappa shape index (κ1) is 26.6. The molecule has 2 amide bonds. The van der Waals surface area contributed by atoms with E-state index >= 15 is 0 Å². The van der Waals surface area contributed by atoms with Crippen LogP contribution in [0.3, 0.4) is 0 Å². The van der Waals surface area contributed by atoms with E-state index in [-0.39, 0.29) is 28.0 Å². The van der Waals surface area contributed by atoms with Gasteiger partial charge in [-0.25, -0.2) is 10.4 Å². The molecule has 9 N–H and O–H groups in total. The second-order valence-corrected chi connectivity index (χ2v) is 10.5. The number of phenols is 2. The number of nitrogens with zero attached hydrogens (tertiary/aromatic N) is 2. The topological polar surface area (TPSA) is 221 Å². The number of nitrogens with one attached hydrogen (secondary N) is 2. The highest BCUT2D eigenvalue weighted by atomic mass is 16.6. The number of aliphatic hydroxyl groups excluding tert-OH is 5. The summed E-state index contributed by atoms with van der Waals surface area (Å²) in [4.78, 5) is 31.2. The fourth-order valence-corrected chi connectivity index (χ4v) is 6.21. The van der Waals surface area contributed by atoms with Gasteiger partial charge in [0, 0.05) is 33.7 Å². The van der Waals surface area contributed by atoms with E-state index in [9.17, 15) is 45.3 Å². The van der Waals surface area contributed by atoms with Crippen molar-refractivity contribution >= 4 is 55.4 Å². The number of carbonyl (C=O) groups is 2. The average Bonchev–Trinajstić information content (AvgIpc) is 3.66. The Morgan fingerprint density at radius 2 is 1.52 bits per heavy atom. The lowest BCUT2D eigenvalue weighted by atomic mass is 9.96. The van der Waals surface area contributed by atoms with Crippen LogP contribution in [0.4, 0.5) is 0 Å². The van der Waals surface area contributed by atoms with Gasteiger partial charge >= 0.3 is 0 Å². The lowest BCUT2D eigenvalue weighted by Crippen LogP contribution is -2.50. The molecule has 0 radical (unpaired) electrons. The van der Waals surface area contributed by atoms with Crippen molar-refractivity contribution in [2.75, 3.05) is 19.8 Å². The second kappa shape index (κ2) is 9.37. The lowest BCUT2D eigenvalue weighted by Gasteiger charge is -2.20. The molecule has 2 aliphatic heterocycles. The van der Waals surface area contributed by atoms with E-state index in [0.717, 1.165) is 5.01 Å². The first-order valence-electron chi connectivity index (χ1n) is 13.2. The number of phenolic OH excluding ortho intramolecular Hbond substituents is 2. The van der Waals surface area contributed by atoms with Gasteiger partial charge in [-0.2, -0.15) is 0 Å². The van der Waals surface area contributed by atoms with Gasteiger partial charge in [-0.05, 0) is 24.3 Å². The third-order valence-corrected chi connectivity index (χ3v) is 8.11. The van der Waals surface area contributed by atoms with Crippen molar-refractivity contribution in [3.63, 3.8) is 0 Å². The number of rotatable bonds is 6. The summed E-state index contributed by atoms with van der Waals surface area (Å²) >= 11 is 0. The van der Waals surface area contributed by atoms with Crippen molar-refractivity contribution in [3.05, 3.63) is 47.5 Å². The van der Waals surface area contributed by atoms with Crippen molar-refractivity contribution in [1.82, 2.24) is 20.0 Å². The van der Waals surface area contributed by atoms with Gasteiger partial charge in [-0.1, -0.05) is 0 Å². The van der Waals surface area contributed by atoms with Crippen LogP contribution < -0.4 is 5.43 Å². The van der Waals surface area contributed by atoms with Crippen LogP contribution in [-0.4, -0.2) is 106 Å². The van der Waals surface area contributed by atoms with E-state index in [4.69, 9.17) is 4.74 Å². The van der Waals surface area contributed by atoms with Gasteiger partial charge in [0.15, 0.2) is 6.23 Å². The molecular weight excluding hydrogens is 552 g/mol. The summed E-state index contributed by atoms with van der Waals surface area (Å²) < 4.78 is 7.40. The average molecular weight is 579 g/mol. The third kappa shape index (κ3) is 3.45. The Bertz CT molecular complexity index is 1940. The number of aliphatic hydroxyl groups is 5. The van der Waals surface area contributed by atoms with Crippen molar-refractivity contribution in [3.8, 4) is 11.5 Å². The van der Waals surface area contributed by atoms with E-state index in [0.29, 0.717) is 38.2 Å². The summed E-state index contributed by atoms with van der Waals surface area (Å²) in [5, 5.41) is 73.5. The Hall–Kier alpha value is -4.28. The molecule has 1 fully saturated rings. The number of hydrazine groups is 1. The maximum Gasteiger partial charge on any atom is 0.276 e. The number of H-pyrrole nitrogens is 1. The molecule has 42 heavy (non-hydrogen) atoms. The van der Waals surface area contributed by atoms with Gasteiger partial charge in [0.1, 0.15) is 29.8 Å². The molecule has 0 aliphatic carbocycles. The quantitative estimate of drug-likeness (QED) is 0.121. The zero-order valence-corrected chi connectivity index (χ0v) is 21.7. The number of amides is 2. The van der Waals surface area contributed by atoms with Crippen molar-refractivity contribution in [1.29, 1.82) is 0 Å². The van der Waals surface area contributed by atoms with E-state index in [2.05, 4.69) is 10.4 Å². The summed E-state index contributed by atoms with van der Waals surface area (Å²) in [5.41, 5.74) is 3.96. The monoisotopic (exact) mass is 578 g/mol. The standard InChI is InChI=1S/C28H26N4O10/c33-7-10(8-34)30-32-26(40)20-18-13-3-1-11(36)5-15(13)29-22(18)23-19(21(20)27(32)41)14-4-2-12(37)6-16(14)31(23)28-25(39)24(38)17(9-35)42-28/h1-6,10,17,24-25,28-30,33-39H,7-9H2/t17-,24-,25+,28-/m1/s1. The molecule has 14 heteroatoms. The van der Waals surface area contributed by atoms with Gasteiger partial charge < -0.3 is 50.0 Å². The smallest absolute Gasteiger partial charge is 0.276 e. The number of imide groups is 1. The summed E-state index contributed by atoms with van der Waals surface area (Å²) in [6.45, 7) is -1.71. The minimum atomic E-state index is -1.52. The molecule has 3 aromatic carbocycles. The van der Waals surface area contributed by atoms with Crippen LogP contribution in [0.25, 0.3) is 43.6 Å². The highest BCUT2D eigenvalue weighted by Gasteiger charge is 2.47. The molecule has 0 bridgehead atoms. The third-order valence-electron chi connectivity index (χ3n) is 8.11. The van der Waals surface area contributed by atoms with Gasteiger partial charge in [0.2, 0.25) is 0 Å². The summed E-state index contributed by atoms with van der Waals surface area (Å²) in [6, 6.07) is 7.77. The lowest BCUT2D eigenvalue weighted by molar-refractivity contribution is -0.0487. The first-order chi connectivity index (χ1) is 20.2. The van der Waals surface area contributed by atoms with Crippen LogP contribution >= 0.6 is 0 Å². The minimum absolute atomic E-state index is 0.0141. The molecule has 218 valence electrons. The molecular formula is C28H26N4O10. The Morgan fingerprint density at radius 1 is 0.881 bits per heavy atom. The largest absolute Gasteiger partial charge is 0.508 e. The minimum Gasteiger partial charge on any atom is -0.508 e. The fourth-order valence-electron chi connectivity index (χ4n) is 6.21. The number of aromatic hydroxyl groups is 2. The Kier molecular flexibility index (Phi) is 5.93. The van der Waals surface area contributed by atoms with Crippen molar-refractivity contribution in [2.45, 2.75) is 30.6 Å². The first-order valence-corrected chi connectivity index (χ1v) is 13.2. The summed E-state index contributed by atoms with van der Waals surface area (Å²) in [6.07, 6.45) is -5.39. The normalized spacial score (nSPS) is 22.7. The Balaban J connectivity index is 1.66. The number of ether oxygens (including phenoxy) is 1. The molecule has 0 spiro atoms. The van der Waals surface area contributed by atoms with Gasteiger partial charge in [-0.3, -0.25) is 9.59 Å². The number of hydrogen-bond acceptors (Lipinski definition) is 11. The molecule has 14 nitrogen and oxygen atoms in total. The van der Waals surface area contributed by atoms with Gasteiger partial charge in [0.05, 0.1) is 59.1 Å². The maximum atomic E-state index is 14.0. The predicted octanol–water partition coefficient (Wildman–Crippen LogP) is -0.0945. The molecule has 2 aromatic heterocycles. The number of carbonyl (C=O) groups excluding carboxylic acids is 2. The molecule has 0 unspecified atom stereocenters. The molecule has 5 aromatic rings. The number of benzene rings is 3. The molecule has 4 atom stereocenters. The Labute approximate surface area is 235 Å². The van der Waals surface area contributed by atoms with Crippen LogP contribution in [0.2, 0.25) is 0 Å². The SMILES string of the molecule is O=C1c2c(c3c4ccc(O)cc4n([C@@H]4O[C@H](CO)[C@@H](O)[C@@H]4O)c3c3[nH]c4cc(O)ccc4c23)C(=O)N1NC(CO)CO. The molecule has 2 aliphatic rings. The van der Waals surface area contributed by atoms with Crippen LogP contribution in [-0.2, 0) is 4.74 Å². The van der Waals surface area contributed by atoms with Gasteiger partial charge in [0.25, 0.3) is 11.8 Å². The van der Waals surface area contributed by atoms with Gasteiger partial charge in [-0.15, -0.1) is 0 Å². The van der Waals surface area contributed by atoms with E-state index in [1.165, 1.54) is 28.8 Å². The molecule has 4 heterocycles. The number of aromatic amines is 1. The molecule has 1 saturated heterocycles.